The first-order chi connectivity index (χ1) is 12.5. The molecule has 0 aliphatic carbocycles. The normalized spacial score (nSPS) is 15.0. The quantitative estimate of drug-likeness (QED) is 0.813. The monoisotopic (exact) mass is 407 g/mol. The standard InChI is InChI=1S/C18H15Cl2N3O2S/c1-11(17(25)22-13-6-4-5-12(19)9-13)26-18-21-10-16(24)23(18)15-8-3-2-7-14(15)20/h2-9,11H,10H2,1H3,(H,22,25). The van der Waals surface area contributed by atoms with Gasteiger partial charge in [0.1, 0.15) is 6.54 Å². The fourth-order valence-electron chi connectivity index (χ4n) is 2.37. The Morgan fingerprint density at radius 2 is 2.00 bits per heavy atom. The Labute approximate surface area is 165 Å². The van der Waals surface area contributed by atoms with Gasteiger partial charge in [-0.2, -0.15) is 0 Å². The molecule has 2 aromatic rings. The van der Waals surface area contributed by atoms with Gasteiger partial charge < -0.3 is 5.32 Å². The zero-order chi connectivity index (χ0) is 18.7. The minimum absolute atomic E-state index is 0.0379. The highest BCUT2D eigenvalue weighted by atomic mass is 35.5. The summed E-state index contributed by atoms with van der Waals surface area (Å²) < 4.78 is 0. The van der Waals surface area contributed by atoms with Gasteiger partial charge in [0.15, 0.2) is 5.17 Å². The van der Waals surface area contributed by atoms with E-state index in [4.69, 9.17) is 23.2 Å². The average Bonchev–Trinajstić information content (AvgIpc) is 2.95. The SMILES string of the molecule is CC(SC1=NCC(=O)N1c1ccccc1Cl)C(=O)Nc1cccc(Cl)c1. The van der Waals surface area contributed by atoms with Crippen LogP contribution >= 0.6 is 35.0 Å². The summed E-state index contributed by atoms with van der Waals surface area (Å²) in [4.78, 5) is 30.4. The first kappa shape index (κ1) is 18.8. The molecule has 0 saturated heterocycles. The topological polar surface area (TPSA) is 61.8 Å². The third-order valence-electron chi connectivity index (χ3n) is 3.63. The van der Waals surface area contributed by atoms with Crippen molar-refractivity contribution in [1.82, 2.24) is 0 Å². The smallest absolute Gasteiger partial charge is 0.254 e. The number of para-hydroxylation sites is 1. The number of hydrogen-bond acceptors (Lipinski definition) is 4. The molecule has 0 radical (unpaired) electrons. The van der Waals surface area contributed by atoms with Crippen molar-refractivity contribution < 1.29 is 9.59 Å². The molecule has 0 bridgehead atoms. The summed E-state index contributed by atoms with van der Waals surface area (Å²) in [7, 11) is 0. The van der Waals surface area contributed by atoms with Crippen molar-refractivity contribution in [3.63, 3.8) is 0 Å². The number of benzene rings is 2. The number of anilines is 2. The van der Waals surface area contributed by atoms with E-state index in [1.54, 1.807) is 55.5 Å². The summed E-state index contributed by atoms with van der Waals surface area (Å²) in [5.74, 6) is -0.388. The molecule has 1 aliphatic heterocycles. The van der Waals surface area contributed by atoms with Crippen molar-refractivity contribution in [3.05, 3.63) is 58.6 Å². The van der Waals surface area contributed by atoms with Gasteiger partial charge >= 0.3 is 0 Å². The van der Waals surface area contributed by atoms with Gasteiger partial charge in [0, 0.05) is 10.7 Å². The summed E-state index contributed by atoms with van der Waals surface area (Å²) in [5, 5.41) is 3.78. The van der Waals surface area contributed by atoms with Crippen molar-refractivity contribution in [2.45, 2.75) is 12.2 Å². The van der Waals surface area contributed by atoms with E-state index in [9.17, 15) is 9.59 Å². The molecule has 0 aromatic heterocycles. The van der Waals surface area contributed by atoms with Crippen LogP contribution in [0.15, 0.2) is 53.5 Å². The predicted molar refractivity (Wildman–Crippen MR) is 108 cm³/mol. The fraction of sp³-hybridized carbons (Fsp3) is 0.167. The largest absolute Gasteiger partial charge is 0.325 e. The van der Waals surface area contributed by atoms with Crippen molar-refractivity contribution in [1.29, 1.82) is 0 Å². The molecule has 1 atom stereocenters. The lowest BCUT2D eigenvalue weighted by atomic mass is 10.3. The second-order valence-corrected chi connectivity index (χ2v) is 7.69. The maximum atomic E-state index is 12.4. The lowest BCUT2D eigenvalue weighted by Crippen LogP contribution is -2.33. The van der Waals surface area contributed by atoms with Crippen molar-refractivity contribution >= 4 is 63.3 Å². The molecule has 0 fully saturated rings. The van der Waals surface area contributed by atoms with Crippen LogP contribution in [0, 0.1) is 0 Å². The number of amides is 2. The molecule has 1 N–H and O–H groups in total. The Balaban J connectivity index is 1.71. The zero-order valence-corrected chi connectivity index (χ0v) is 16.1. The first-order valence-electron chi connectivity index (χ1n) is 7.80. The molecule has 1 unspecified atom stereocenters. The third kappa shape index (κ3) is 4.20. The minimum atomic E-state index is -0.469. The molecule has 134 valence electrons. The number of rotatable bonds is 4. The van der Waals surface area contributed by atoms with Crippen molar-refractivity contribution in [2.24, 2.45) is 4.99 Å². The molecule has 0 spiro atoms. The van der Waals surface area contributed by atoms with E-state index in [0.29, 0.717) is 26.6 Å². The molecule has 5 nitrogen and oxygen atoms in total. The van der Waals surface area contributed by atoms with Crippen molar-refractivity contribution in [2.75, 3.05) is 16.8 Å². The number of thioether (sulfide) groups is 1. The number of nitrogens with zero attached hydrogens (tertiary/aromatic N) is 2. The summed E-state index contributed by atoms with van der Waals surface area (Å²) in [6, 6.07) is 14.0. The molecule has 2 amide bonds. The average molecular weight is 408 g/mol. The number of halogens is 2. The molecule has 1 aliphatic rings. The van der Waals surface area contributed by atoms with Crippen LogP contribution < -0.4 is 10.2 Å². The van der Waals surface area contributed by atoms with E-state index in [0.717, 1.165) is 0 Å². The van der Waals surface area contributed by atoms with E-state index in [1.165, 1.54) is 16.7 Å². The van der Waals surface area contributed by atoms with Crippen LogP contribution in [0.1, 0.15) is 6.92 Å². The van der Waals surface area contributed by atoms with Gasteiger partial charge in [0.25, 0.3) is 5.91 Å². The van der Waals surface area contributed by atoms with Gasteiger partial charge in [-0.1, -0.05) is 53.2 Å². The fourth-order valence-corrected chi connectivity index (χ4v) is 3.70. The Morgan fingerprint density at radius 1 is 1.23 bits per heavy atom. The summed E-state index contributed by atoms with van der Waals surface area (Å²) in [6.07, 6.45) is 0. The van der Waals surface area contributed by atoms with Gasteiger partial charge in [-0.05, 0) is 37.3 Å². The zero-order valence-electron chi connectivity index (χ0n) is 13.8. The molecule has 1 heterocycles. The van der Waals surface area contributed by atoms with E-state index < -0.39 is 5.25 Å². The maximum absolute atomic E-state index is 12.4. The number of carbonyl (C=O) groups is 2. The summed E-state index contributed by atoms with van der Waals surface area (Å²) >= 11 is 13.3. The molecular formula is C18H15Cl2N3O2S. The van der Waals surface area contributed by atoms with Crippen LogP contribution in [-0.2, 0) is 9.59 Å². The van der Waals surface area contributed by atoms with Gasteiger partial charge in [-0.25, -0.2) is 0 Å². The van der Waals surface area contributed by atoms with Crippen LogP contribution in [0.2, 0.25) is 10.0 Å². The Hall–Kier alpha value is -2.02. The van der Waals surface area contributed by atoms with Crippen LogP contribution in [0.4, 0.5) is 11.4 Å². The third-order valence-corrected chi connectivity index (χ3v) is 5.27. The second kappa shape index (κ2) is 8.12. The van der Waals surface area contributed by atoms with Crippen LogP contribution in [0.25, 0.3) is 0 Å². The van der Waals surface area contributed by atoms with E-state index in [1.807, 2.05) is 0 Å². The highest BCUT2D eigenvalue weighted by molar-refractivity contribution is 8.15. The second-order valence-electron chi connectivity index (χ2n) is 5.54. The maximum Gasteiger partial charge on any atom is 0.254 e. The summed E-state index contributed by atoms with van der Waals surface area (Å²) in [5.41, 5.74) is 1.17. The van der Waals surface area contributed by atoms with E-state index >= 15 is 0 Å². The number of aliphatic imine (C=N–C) groups is 1. The van der Waals surface area contributed by atoms with Gasteiger partial charge in [0.05, 0.1) is 16.0 Å². The predicted octanol–water partition coefficient (Wildman–Crippen LogP) is 4.46. The Kier molecular flexibility index (Phi) is 5.86. The lowest BCUT2D eigenvalue weighted by Gasteiger charge is -2.21. The van der Waals surface area contributed by atoms with Crippen molar-refractivity contribution in [3.8, 4) is 0 Å². The highest BCUT2D eigenvalue weighted by Gasteiger charge is 2.31. The minimum Gasteiger partial charge on any atom is -0.325 e. The summed E-state index contributed by atoms with van der Waals surface area (Å²) in [6.45, 7) is 1.79. The van der Waals surface area contributed by atoms with Crippen LogP contribution in [0.5, 0.6) is 0 Å². The number of amidine groups is 1. The Morgan fingerprint density at radius 3 is 2.73 bits per heavy atom. The number of hydrogen-bond donors (Lipinski definition) is 1. The van der Waals surface area contributed by atoms with Gasteiger partial charge in [0.2, 0.25) is 5.91 Å². The number of nitrogens with one attached hydrogen (secondary N) is 1. The Bertz CT molecular complexity index is 888. The number of carbonyl (C=O) groups excluding carboxylic acids is 2. The molecule has 8 heteroatoms. The van der Waals surface area contributed by atoms with E-state index in [-0.39, 0.29) is 18.4 Å². The molecule has 0 saturated carbocycles. The molecular weight excluding hydrogens is 393 g/mol. The lowest BCUT2D eigenvalue weighted by molar-refractivity contribution is -0.116. The van der Waals surface area contributed by atoms with Gasteiger partial charge in [-0.15, -0.1) is 0 Å². The first-order valence-corrected chi connectivity index (χ1v) is 9.44. The molecule has 26 heavy (non-hydrogen) atoms. The van der Waals surface area contributed by atoms with E-state index in [2.05, 4.69) is 10.3 Å². The highest BCUT2D eigenvalue weighted by Crippen LogP contribution is 2.31. The molecule has 2 aromatic carbocycles. The molecule has 3 rings (SSSR count). The van der Waals surface area contributed by atoms with Gasteiger partial charge in [-0.3, -0.25) is 19.5 Å². The van der Waals surface area contributed by atoms with Crippen LogP contribution in [0.3, 0.4) is 0 Å². The van der Waals surface area contributed by atoms with Crippen LogP contribution in [-0.4, -0.2) is 28.8 Å².